The summed E-state index contributed by atoms with van der Waals surface area (Å²) in [5.74, 6) is 0.356. The average Bonchev–Trinajstić information content (AvgIpc) is 3.05. The molecule has 0 spiro atoms. The smallest absolute Gasteiger partial charge is 0.315 e. The van der Waals surface area contributed by atoms with Crippen molar-refractivity contribution in [3.8, 4) is 0 Å². The number of hydrogen-bond acceptors (Lipinski definition) is 3. The summed E-state index contributed by atoms with van der Waals surface area (Å²) in [7, 11) is 0. The summed E-state index contributed by atoms with van der Waals surface area (Å²) in [6.45, 7) is 2.02. The van der Waals surface area contributed by atoms with Gasteiger partial charge in [-0.2, -0.15) is 0 Å². The van der Waals surface area contributed by atoms with Crippen LogP contribution < -0.4 is 16.0 Å². The summed E-state index contributed by atoms with van der Waals surface area (Å²) in [6.07, 6.45) is 1.53. The number of carbonyl (C=O) groups excluding carboxylic acids is 2. The Balaban J connectivity index is 1.69. The van der Waals surface area contributed by atoms with Crippen LogP contribution in [0.1, 0.15) is 24.3 Å². The zero-order valence-corrected chi connectivity index (χ0v) is 13.4. The summed E-state index contributed by atoms with van der Waals surface area (Å²) in [4.78, 5) is 23.4. The lowest BCUT2D eigenvalue weighted by Crippen LogP contribution is -2.42. The number of benzene rings is 1. The van der Waals surface area contributed by atoms with Gasteiger partial charge < -0.3 is 20.4 Å². The highest BCUT2D eigenvalue weighted by atomic mass is 35.5. The molecule has 1 aromatic carbocycles. The van der Waals surface area contributed by atoms with Crippen LogP contribution in [0, 0.1) is 0 Å². The molecule has 0 saturated heterocycles. The first-order valence-corrected chi connectivity index (χ1v) is 7.51. The van der Waals surface area contributed by atoms with Crippen molar-refractivity contribution in [1.29, 1.82) is 0 Å². The topological polar surface area (TPSA) is 83.4 Å². The predicted octanol–water partition coefficient (Wildman–Crippen LogP) is 2.61. The minimum atomic E-state index is -0.416. The quantitative estimate of drug-likeness (QED) is 0.758. The molecule has 2 rings (SSSR count). The van der Waals surface area contributed by atoms with E-state index in [1.807, 2.05) is 19.1 Å². The molecule has 3 amide bonds. The van der Waals surface area contributed by atoms with E-state index in [4.69, 9.17) is 16.0 Å². The van der Waals surface area contributed by atoms with Gasteiger partial charge >= 0.3 is 6.03 Å². The Kier molecular flexibility index (Phi) is 6.05. The fourth-order valence-electron chi connectivity index (χ4n) is 1.90. The van der Waals surface area contributed by atoms with Crippen LogP contribution in [0.25, 0.3) is 0 Å². The van der Waals surface area contributed by atoms with Gasteiger partial charge in [-0.1, -0.05) is 23.7 Å². The fraction of sp³-hybridized carbons (Fsp3) is 0.250. The minimum absolute atomic E-state index is 0.111. The molecular formula is C16H18ClN3O3. The van der Waals surface area contributed by atoms with Crippen LogP contribution in [-0.4, -0.2) is 18.5 Å². The molecule has 1 atom stereocenters. The Labute approximate surface area is 139 Å². The lowest BCUT2D eigenvalue weighted by molar-refractivity contribution is -0.120. The summed E-state index contributed by atoms with van der Waals surface area (Å²) < 4.78 is 5.10. The van der Waals surface area contributed by atoms with Gasteiger partial charge in [-0.05, 0) is 36.8 Å². The first-order chi connectivity index (χ1) is 11.0. The van der Waals surface area contributed by atoms with Crippen molar-refractivity contribution in [2.24, 2.45) is 0 Å². The van der Waals surface area contributed by atoms with E-state index < -0.39 is 6.03 Å². The van der Waals surface area contributed by atoms with Crippen LogP contribution in [0.4, 0.5) is 4.79 Å². The van der Waals surface area contributed by atoms with Crippen molar-refractivity contribution in [3.05, 3.63) is 59.0 Å². The van der Waals surface area contributed by atoms with Crippen molar-refractivity contribution in [2.75, 3.05) is 6.54 Å². The van der Waals surface area contributed by atoms with Crippen LogP contribution >= 0.6 is 11.6 Å². The second-order valence-electron chi connectivity index (χ2n) is 4.96. The van der Waals surface area contributed by atoms with Gasteiger partial charge in [0.2, 0.25) is 5.91 Å². The molecule has 1 aromatic heterocycles. The van der Waals surface area contributed by atoms with Crippen LogP contribution in [-0.2, 0) is 11.3 Å². The molecule has 0 bridgehead atoms. The van der Waals surface area contributed by atoms with Crippen LogP contribution in [0.5, 0.6) is 0 Å². The molecule has 122 valence electrons. The first kappa shape index (κ1) is 16.9. The van der Waals surface area contributed by atoms with Crippen molar-refractivity contribution >= 4 is 23.5 Å². The number of amides is 3. The maximum absolute atomic E-state index is 11.8. The van der Waals surface area contributed by atoms with Crippen LogP contribution in [0.2, 0.25) is 5.02 Å². The zero-order valence-electron chi connectivity index (χ0n) is 12.6. The van der Waals surface area contributed by atoms with Crippen molar-refractivity contribution in [3.63, 3.8) is 0 Å². The monoisotopic (exact) mass is 335 g/mol. The molecule has 0 saturated carbocycles. The summed E-state index contributed by atoms with van der Waals surface area (Å²) >= 11 is 5.82. The molecule has 0 radical (unpaired) electrons. The number of hydrogen-bond donors (Lipinski definition) is 3. The highest BCUT2D eigenvalue weighted by molar-refractivity contribution is 6.30. The molecule has 7 heteroatoms. The number of nitrogens with one attached hydrogen (secondary N) is 3. The lowest BCUT2D eigenvalue weighted by Gasteiger charge is -2.15. The highest BCUT2D eigenvalue weighted by Crippen LogP contribution is 2.15. The molecule has 0 aliphatic rings. The second-order valence-corrected chi connectivity index (χ2v) is 5.39. The first-order valence-electron chi connectivity index (χ1n) is 7.13. The third kappa shape index (κ3) is 5.67. The number of urea groups is 1. The van der Waals surface area contributed by atoms with Crippen molar-refractivity contribution in [1.82, 2.24) is 16.0 Å². The van der Waals surface area contributed by atoms with Gasteiger partial charge in [-0.25, -0.2) is 4.79 Å². The zero-order chi connectivity index (χ0) is 16.7. The van der Waals surface area contributed by atoms with E-state index in [1.165, 1.54) is 6.26 Å². The molecule has 1 heterocycles. The van der Waals surface area contributed by atoms with E-state index in [2.05, 4.69) is 16.0 Å². The minimum Gasteiger partial charge on any atom is -0.467 e. The van der Waals surface area contributed by atoms with Gasteiger partial charge in [-0.3, -0.25) is 4.79 Å². The van der Waals surface area contributed by atoms with E-state index in [9.17, 15) is 9.59 Å². The highest BCUT2D eigenvalue weighted by Gasteiger charge is 2.10. The molecule has 2 aromatic rings. The number of halogens is 1. The number of carbonyl (C=O) groups is 2. The number of furan rings is 1. The van der Waals surface area contributed by atoms with Gasteiger partial charge in [0, 0.05) is 5.02 Å². The molecule has 23 heavy (non-hydrogen) atoms. The van der Waals surface area contributed by atoms with Gasteiger partial charge in [0.15, 0.2) is 0 Å². The molecular weight excluding hydrogens is 318 g/mol. The van der Waals surface area contributed by atoms with E-state index in [-0.39, 0.29) is 25.0 Å². The maximum Gasteiger partial charge on any atom is 0.315 e. The second kappa shape index (κ2) is 8.24. The average molecular weight is 336 g/mol. The Morgan fingerprint density at radius 2 is 1.91 bits per heavy atom. The maximum atomic E-state index is 11.8. The largest absolute Gasteiger partial charge is 0.467 e. The number of rotatable bonds is 6. The van der Waals surface area contributed by atoms with Crippen molar-refractivity contribution in [2.45, 2.75) is 19.5 Å². The van der Waals surface area contributed by atoms with Gasteiger partial charge in [0.05, 0.1) is 25.4 Å². The van der Waals surface area contributed by atoms with Crippen LogP contribution in [0.3, 0.4) is 0 Å². The van der Waals surface area contributed by atoms with Gasteiger partial charge in [-0.15, -0.1) is 0 Å². The van der Waals surface area contributed by atoms with E-state index in [0.29, 0.717) is 10.8 Å². The molecule has 3 N–H and O–H groups in total. The molecule has 6 nitrogen and oxygen atoms in total. The summed E-state index contributed by atoms with van der Waals surface area (Å²) in [6, 6.07) is 10.1. The molecule has 0 fully saturated rings. The Morgan fingerprint density at radius 1 is 1.17 bits per heavy atom. The predicted molar refractivity (Wildman–Crippen MR) is 87.0 cm³/mol. The standard InChI is InChI=1S/C16H18ClN3O3/c1-11(12-4-6-13(17)7-5-12)20-16(22)19-10-15(21)18-9-14-3-2-8-23-14/h2-8,11H,9-10H2,1H3,(H,18,21)(H2,19,20,22). The van der Waals surface area contributed by atoms with Crippen molar-refractivity contribution < 1.29 is 14.0 Å². The Morgan fingerprint density at radius 3 is 2.57 bits per heavy atom. The Hall–Kier alpha value is -2.47. The fourth-order valence-corrected chi connectivity index (χ4v) is 2.03. The van der Waals surface area contributed by atoms with E-state index >= 15 is 0 Å². The SMILES string of the molecule is CC(NC(=O)NCC(=O)NCc1ccco1)c1ccc(Cl)cc1. The lowest BCUT2D eigenvalue weighted by atomic mass is 10.1. The summed E-state index contributed by atoms with van der Waals surface area (Å²) in [5, 5.41) is 8.53. The van der Waals surface area contributed by atoms with Crippen LogP contribution in [0.15, 0.2) is 47.1 Å². The molecule has 1 unspecified atom stereocenters. The molecule has 0 aliphatic carbocycles. The third-order valence-electron chi connectivity index (χ3n) is 3.17. The van der Waals surface area contributed by atoms with E-state index in [0.717, 1.165) is 5.56 Å². The van der Waals surface area contributed by atoms with E-state index in [1.54, 1.807) is 24.3 Å². The third-order valence-corrected chi connectivity index (χ3v) is 3.42. The van der Waals surface area contributed by atoms with Gasteiger partial charge in [0.25, 0.3) is 0 Å². The molecule has 0 aliphatic heterocycles. The van der Waals surface area contributed by atoms with Gasteiger partial charge in [0.1, 0.15) is 5.76 Å². The normalized spacial score (nSPS) is 11.6. The Bertz CT molecular complexity index is 641. The summed E-state index contributed by atoms with van der Waals surface area (Å²) in [5.41, 5.74) is 0.923.